The minimum atomic E-state index is -0.159. The molecular weight excluding hydrogens is 339 g/mol. The summed E-state index contributed by atoms with van der Waals surface area (Å²) in [5.41, 5.74) is 4.18. The van der Waals surface area contributed by atoms with Crippen LogP contribution in [0.25, 0.3) is 0 Å². The third-order valence-corrected chi connectivity index (χ3v) is 4.31. The zero-order valence-corrected chi connectivity index (χ0v) is 14.2. The second-order valence-electron chi connectivity index (χ2n) is 4.48. The number of carbonyl (C=O) groups is 1. The van der Waals surface area contributed by atoms with E-state index in [1.54, 1.807) is 24.3 Å². The van der Waals surface area contributed by atoms with Crippen LogP contribution in [-0.2, 0) is 4.79 Å². The Bertz CT molecular complexity index is 670. The van der Waals surface area contributed by atoms with E-state index < -0.39 is 0 Å². The van der Waals surface area contributed by atoms with Gasteiger partial charge in [0.2, 0.25) is 5.91 Å². The van der Waals surface area contributed by atoms with Crippen LogP contribution in [0.1, 0.15) is 12.5 Å². The number of thioether (sulfide) groups is 1. The van der Waals surface area contributed by atoms with Gasteiger partial charge in [-0.3, -0.25) is 4.79 Å². The third kappa shape index (κ3) is 5.37. The molecule has 0 atom stereocenters. The summed E-state index contributed by atoms with van der Waals surface area (Å²) in [5.74, 6) is 0.132. The molecule has 1 N–H and O–H groups in total. The first-order valence-electron chi connectivity index (χ1n) is 6.52. The summed E-state index contributed by atoms with van der Waals surface area (Å²) in [6.45, 7) is 1.83. The minimum Gasteiger partial charge on any atom is -0.272 e. The lowest BCUT2D eigenvalue weighted by atomic mass is 10.1. The molecule has 0 saturated carbocycles. The van der Waals surface area contributed by atoms with E-state index in [-0.39, 0.29) is 5.91 Å². The zero-order chi connectivity index (χ0) is 15.9. The molecule has 2 rings (SSSR count). The molecule has 0 heterocycles. The molecule has 0 aromatic heterocycles. The van der Waals surface area contributed by atoms with Gasteiger partial charge in [0.15, 0.2) is 0 Å². The van der Waals surface area contributed by atoms with Crippen LogP contribution in [-0.4, -0.2) is 17.4 Å². The molecule has 0 aliphatic carbocycles. The van der Waals surface area contributed by atoms with Gasteiger partial charge in [-0.15, -0.1) is 11.8 Å². The van der Waals surface area contributed by atoms with Crippen molar-refractivity contribution in [1.29, 1.82) is 0 Å². The van der Waals surface area contributed by atoms with Crippen LogP contribution in [0.4, 0.5) is 0 Å². The number of hydrogen-bond acceptors (Lipinski definition) is 3. The third-order valence-electron chi connectivity index (χ3n) is 2.79. The molecule has 3 nitrogen and oxygen atoms in total. The summed E-state index contributed by atoms with van der Waals surface area (Å²) in [5, 5.41) is 5.43. The molecule has 0 aliphatic heterocycles. The van der Waals surface area contributed by atoms with Gasteiger partial charge in [-0.1, -0.05) is 35.3 Å². The molecule has 0 spiro atoms. The number of rotatable bonds is 5. The first-order chi connectivity index (χ1) is 10.5. The molecular formula is C16H14Cl2N2OS. The van der Waals surface area contributed by atoms with E-state index in [4.69, 9.17) is 23.2 Å². The molecule has 114 valence electrons. The molecule has 0 saturated heterocycles. The van der Waals surface area contributed by atoms with Crippen LogP contribution < -0.4 is 5.43 Å². The molecule has 2 aromatic rings. The average Bonchev–Trinajstić information content (AvgIpc) is 2.52. The predicted molar refractivity (Wildman–Crippen MR) is 94.0 cm³/mol. The molecule has 1 amide bonds. The highest BCUT2D eigenvalue weighted by molar-refractivity contribution is 8.00. The van der Waals surface area contributed by atoms with Gasteiger partial charge in [-0.25, -0.2) is 5.43 Å². The predicted octanol–water partition coefficient (Wildman–Crippen LogP) is 4.63. The van der Waals surface area contributed by atoms with E-state index in [0.29, 0.717) is 15.8 Å². The summed E-state index contributed by atoms with van der Waals surface area (Å²) >= 11 is 13.1. The molecule has 0 bridgehead atoms. The number of carbonyl (C=O) groups excluding carboxylic acids is 1. The number of benzene rings is 2. The topological polar surface area (TPSA) is 41.5 Å². The van der Waals surface area contributed by atoms with Crippen LogP contribution in [0.15, 0.2) is 58.5 Å². The Balaban J connectivity index is 1.85. The normalized spacial score (nSPS) is 11.3. The van der Waals surface area contributed by atoms with Crippen molar-refractivity contribution < 1.29 is 4.79 Å². The van der Waals surface area contributed by atoms with Crippen LogP contribution >= 0.6 is 35.0 Å². The molecule has 0 unspecified atom stereocenters. The zero-order valence-electron chi connectivity index (χ0n) is 11.8. The number of nitrogens with one attached hydrogen (secondary N) is 1. The fourth-order valence-corrected chi connectivity index (χ4v) is 2.56. The van der Waals surface area contributed by atoms with E-state index in [2.05, 4.69) is 10.5 Å². The number of nitrogens with zero attached hydrogens (tertiary/aromatic N) is 1. The minimum absolute atomic E-state index is 0.159. The Hall–Kier alpha value is -1.49. The summed E-state index contributed by atoms with van der Waals surface area (Å²) in [6, 6.07) is 14.6. The summed E-state index contributed by atoms with van der Waals surface area (Å²) < 4.78 is 0. The van der Waals surface area contributed by atoms with Gasteiger partial charge in [0.05, 0.1) is 11.5 Å². The second kappa shape index (κ2) is 8.22. The van der Waals surface area contributed by atoms with Gasteiger partial charge in [0.25, 0.3) is 0 Å². The van der Waals surface area contributed by atoms with Gasteiger partial charge < -0.3 is 0 Å². The summed E-state index contributed by atoms with van der Waals surface area (Å²) in [6.07, 6.45) is 0. The molecule has 2 aromatic carbocycles. The van der Waals surface area contributed by atoms with Gasteiger partial charge in [-0.2, -0.15) is 5.10 Å². The molecule has 22 heavy (non-hydrogen) atoms. The fraction of sp³-hybridized carbons (Fsp3) is 0.125. The maximum Gasteiger partial charge on any atom is 0.250 e. The van der Waals surface area contributed by atoms with Crippen molar-refractivity contribution in [3.8, 4) is 0 Å². The Kier molecular flexibility index (Phi) is 6.31. The van der Waals surface area contributed by atoms with Crippen molar-refractivity contribution in [2.24, 2.45) is 5.10 Å². The number of hydrogen-bond donors (Lipinski definition) is 1. The van der Waals surface area contributed by atoms with E-state index >= 15 is 0 Å². The Labute approximate surface area is 143 Å². The quantitative estimate of drug-likeness (QED) is 0.484. The van der Waals surface area contributed by atoms with Gasteiger partial charge in [-0.05, 0) is 48.9 Å². The smallest absolute Gasteiger partial charge is 0.250 e. The molecule has 0 fully saturated rings. The van der Waals surface area contributed by atoms with Crippen LogP contribution in [0.2, 0.25) is 10.0 Å². The highest BCUT2D eigenvalue weighted by Gasteiger charge is 2.03. The van der Waals surface area contributed by atoms with Gasteiger partial charge >= 0.3 is 0 Å². The van der Waals surface area contributed by atoms with E-state index in [1.165, 1.54) is 11.8 Å². The SMILES string of the molecule is C/C(=N\NC(=O)CSc1ccc(Cl)cc1)c1ccc(Cl)cc1. The Morgan fingerprint density at radius 3 is 2.18 bits per heavy atom. The summed E-state index contributed by atoms with van der Waals surface area (Å²) in [7, 11) is 0. The first-order valence-corrected chi connectivity index (χ1v) is 8.26. The lowest BCUT2D eigenvalue weighted by Crippen LogP contribution is -2.21. The largest absolute Gasteiger partial charge is 0.272 e. The van der Waals surface area contributed by atoms with Crippen molar-refractivity contribution in [3.05, 3.63) is 64.1 Å². The van der Waals surface area contributed by atoms with Crippen molar-refractivity contribution in [1.82, 2.24) is 5.43 Å². The van der Waals surface area contributed by atoms with Crippen LogP contribution in [0, 0.1) is 0 Å². The van der Waals surface area contributed by atoms with Gasteiger partial charge in [0.1, 0.15) is 0 Å². The van der Waals surface area contributed by atoms with Crippen molar-refractivity contribution in [3.63, 3.8) is 0 Å². The van der Waals surface area contributed by atoms with Crippen molar-refractivity contribution >= 4 is 46.6 Å². The molecule has 0 radical (unpaired) electrons. The van der Waals surface area contributed by atoms with Gasteiger partial charge in [0, 0.05) is 14.9 Å². The Morgan fingerprint density at radius 2 is 1.59 bits per heavy atom. The maximum absolute atomic E-state index is 11.8. The second-order valence-corrected chi connectivity index (χ2v) is 6.40. The molecule has 0 aliphatic rings. The van der Waals surface area contributed by atoms with Crippen LogP contribution in [0.5, 0.6) is 0 Å². The number of amides is 1. The summed E-state index contributed by atoms with van der Waals surface area (Å²) in [4.78, 5) is 12.8. The number of hydrazone groups is 1. The highest BCUT2D eigenvalue weighted by atomic mass is 35.5. The fourth-order valence-electron chi connectivity index (χ4n) is 1.61. The lowest BCUT2D eigenvalue weighted by molar-refractivity contribution is -0.118. The van der Waals surface area contributed by atoms with Crippen molar-refractivity contribution in [2.75, 3.05) is 5.75 Å². The molecule has 6 heteroatoms. The maximum atomic E-state index is 11.8. The monoisotopic (exact) mass is 352 g/mol. The number of halogens is 2. The van der Waals surface area contributed by atoms with Crippen LogP contribution in [0.3, 0.4) is 0 Å². The first kappa shape index (κ1) is 16.9. The van der Waals surface area contributed by atoms with Crippen molar-refractivity contribution in [2.45, 2.75) is 11.8 Å². The van der Waals surface area contributed by atoms with E-state index in [9.17, 15) is 4.79 Å². The highest BCUT2D eigenvalue weighted by Crippen LogP contribution is 2.19. The van der Waals surface area contributed by atoms with E-state index in [0.717, 1.165) is 16.2 Å². The standard InChI is InChI=1S/C16H14Cl2N2OS/c1-11(12-2-4-13(17)5-3-12)19-20-16(21)10-22-15-8-6-14(18)7-9-15/h2-9H,10H2,1H3,(H,20,21)/b19-11+. The Morgan fingerprint density at radius 1 is 1.05 bits per heavy atom. The van der Waals surface area contributed by atoms with E-state index in [1.807, 2.05) is 31.2 Å². The lowest BCUT2D eigenvalue weighted by Gasteiger charge is -2.03. The average molecular weight is 353 g/mol.